The Bertz CT molecular complexity index is 905. The first-order valence-electron chi connectivity index (χ1n) is 10.5. The maximum Gasteiger partial charge on any atom is 0.323 e. The summed E-state index contributed by atoms with van der Waals surface area (Å²) in [6.45, 7) is 5.23. The second-order valence-corrected chi connectivity index (χ2v) is 9.26. The molecular weight excluding hydrogens is 378 g/mol. The highest BCUT2D eigenvalue weighted by atomic mass is 16.2. The number of benzene rings is 1. The van der Waals surface area contributed by atoms with Gasteiger partial charge >= 0.3 is 6.03 Å². The number of carbonyl (C=O) groups excluding carboxylic acids is 1. The molecule has 1 aromatic heterocycles. The number of nitrogens with zero attached hydrogens (tertiary/aromatic N) is 3. The number of rotatable bonds is 6. The molecule has 0 saturated heterocycles. The van der Waals surface area contributed by atoms with E-state index < -0.39 is 0 Å². The van der Waals surface area contributed by atoms with Gasteiger partial charge in [0.15, 0.2) is 0 Å². The molecule has 2 aliphatic rings. The topological polar surface area (TPSA) is 122 Å². The van der Waals surface area contributed by atoms with E-state index >= 15 is 0 Å². The number of hydrogen-bond donors (Lipinski definition) is 4. The number of amides is 2. The van der Waals surface area contributed by atoms with E-state index in [0.717, 1.165) is 43.6 Å². The molecule has 0 unspecified atom stereocenters. The SMILES string of the molecule is CC(C)CN(c1ccccc1NC(=O)Nc1cncnc1)[C@@H]1C[C@@]2(N)CC[C@]1(N)C2. The third-order valence-electron chi connectivity index (χ3n) is 6.25. The Kier molecular flexibility index (Phi) is 5.38. The Morgan fingerprint density at radius 1 is 1.20 bits per heavy atom. The highest BCUT2D eigenvalue weighted by Gasteiger charge is 2.58. The first-order chi connectivity index (χ1) is 14.3. The van der Waals surface area contributed by atoms with Gasteiger partial charge in [0.25, 0.3) is 0 Å². The van der Waals surface area contributed by atoms with Crippen LogP contribution in [0.5, 0.6) is 0 Å². The third kappa shape index (κ3) is 4.11. The van der Waals surface area contributed by atoms with Gasteiger partial charge in [-0.2, -0.15) is 0 Å². The number of fused-ring (bicyclic) bond motifs is 2. The van der Waals surface area contributed by atoms with Crippen LogP contribution in [0.25, 0.3) is 0 Å². The molecule has 6 N–H and O–H groups in total. The standard InChI is InChI=1S/C22H31N7O/c1-15(2)12-29(19-9-21(23)7-8-22(19,24)13-21)18-6-4-3-5-17(18)28-20(30)27-16-10-25-14-26-11-16/h3-6,10-11,14-15,19H,7-9,12-13,23-24H2,1-2H3,(H2,27,28,30)/t19-,21+,22+/m1/s1. The van der Waals surface area contributed by atoms with E-state index in [1.54, 1.807) is 12.4 Å². The van der Waals surface area contributed by atoms with Crippen molar-refractivity contribution in [2.75, 3.05) is 22.1 Å². The number of aromatic nitrogens is 2. The van der Waals surface area contributed by atoms with Gasteiger partial charge in [-0.15, -0.1) is 0 Å². The summed E-state index contributed by atoms with van der Waals surface area (Å²) in [6, 6.07) is 7.67. The Hall–Kier alpha value is -2.71. The van der Waals surface area contributed by atoms with Crippen LogP contribution < -0.4 is 27.0 Å². The largest absolute Gasteiger partial charge is 0.365 e. The van der Waals surface area contributed by atoms with E-state index in [1.807, 2.05) is 24.3 Å². The highest BCUT2D eigenvalue weighted by Crippen LogP contribution is 2.51. The van der Waals surface area contributed by atoms with Gasteiger partial charge in [-0.3, -0.25) is 0 Å². The van der Waals surface area contributed by atoms with Gasteiger partial charge in [0, 0.05) is 23.7 Å². The number of para-hydroxylation sites is 2. The first-order valence-corrected chi connectivity index (χ1v) is 10.5. The molecular formula is C22H31N7O. The molecule has 160 valence electrons. The van der Waals surface area contributed by atoms with Gasteiger partial charge in [0.2, 0.25) is 0 Å². The summed E-state index contributed by atoms with van der Waals surface area (Å²) in [4.78, 5) is 22.8. The average molecular weight is 410 g/mol. The van der Waals surface area contributed by atoms with Crippen molar-refractivity contribution in [2.45, 2.75) is 56.7 Å². The fourth-order valence-corrected chi connectivity index (χ4v) is 5.05. The Morgan fingerprint density at radius 2 is 1.93 bits per heavy atom. The van der Waals surface area contributed by atoms with Crippen LogP contribution in [-0.2, 0) is 0 Å². The van der Waals surface area contributed by atoms with Gasteiger partial charge in [-0.25, -0.2) is 14.8 Å². The van der Waals surface area contributed by atoms with Crippen molar-refractivity contribution in [1.82, 2.24) is 9.97 Å². The molecule has 2 fully saturated rings. The second-order valence-electron chi connectivity index (χ2n) is 9.26. The lowest BCUT2D eigenvalue weighted by Crippen LogP contribution is -2.56. The zero-order valence-corrected chi connectivity index (χ0v) is 17.6. The summed E-state index contributed by atoms with van der Waals surface area (Å²) >= 11 is 0. The minimum absolute atomic E-state index is 0.146. The molecule has 8 nitrogen and oxygen atoms in total. The predicted octanol–water partition coefficient (Wildman–Crippen LogP) is 2.93. The molecule has 30 heavy (non-hydrogen) atoms. The molecule has 2 amide bonds. The van der Waals surface area contributed by atoms with Crippen LogP contribution in [-0.4, -0.2) is 39.7 Å². The summed E-state index contributed by atoms with van der Waals surface area (Å²) in [5, 5.41) is 5.75. The Labute approximate surface area is 177 Å². The predicted molar refractivity (Wildman–Crippen MR) is 119 cm³/mol. The number of nitrogens with one attached hydrogen (secondary N) is 2. The van der Waals surface area contributed by atoms with Crippen molar-refractivity contribution in [3.63, 3.8) is 0 Å². The normalized spacial score (nSPS) is 27.3. The van der Waals surface area contributed by atoms with Gasteiger partial charge in [0.05, 0.1) is 29.5 Å². The number of carbonyl (C=O) groups is 1. The quantitative estimate of drug-likeness (QED) is 0.582. The molecule has 2 saturated carbocycles. The van der Waals surface area contributed by atoms with Gasteiger partial charge in [-0.05, 0) is 43.7 Å². The summed E-state index contributed by atoms with van der Waals surface area (Å²) in [7, 11) is 0. The van der Waals surface area contributed by atoms with E-state index in [2.05, 4.69) is 39.3 Å². The van der Waals surface area contributed by atoms with Crippen LogP contribution in [0.15, 0.2) is 43.0 Å². The number of hydrogen-bond acceptors (Lipinski definition) is 6. The van der Waals surface area contributed by atoms with Crippen molar-refractivity contribution in [2.24, 2.45) is 17.4 Å². The van der Waals surface area contributed by atoms with Gasteiger partial charge < -0.3 is 27.0 Å². The van der Waals surface area contributed by atoms with Crippen molar-refractivity contribution in [3.8, 4) is 0 Å². The summed E-state index contributed by atoms with van der Waals surface area (Å²) in [6.07, 6.45) is 8.17. The number of nitrogens with two attached hydrogens (primary N) is 2. The molecule has 2 bridgehead atoms. The van der Waals surface area contributed by atoms with Crippen LogP contribution in [0.3, 0.4) is 0 Å². The van der Waals surface area contributed by atoms with Crippen LogP contribution in [0.4, 0.5) is 21.9 Å². The van der Waals surface area contributed by atoms with Crippen LogP contribution in [0, 0.1) is 5.92 Å². The molecule has 1 aromatic carbocycles. The van der Waals surface area contributed by atoms with E-state index in [0.29, 0.717) is 11.6 Å². The molecule has 0 aliphatic heterocycles. The lowest BCUT2D eigenvalue weighted by atomic mass is 9.85. The van der Waals surface area contributed by atoms with E-state index in [1.165, 1.54) is 6.33 Å². The van der Waals surface area contributed by atoms with E-state index in [4.69, 9.17) is 11.5 Å². The molecule has 3 atom stereocenters. The molecule has 2 aromatic rings. The fourth-order valence-electron chi connectivity index (χ4n) is 5.05. The van der Waals surface area contributed by atoms with Crippen molar-refractivity contribution >= 4 is 23.1 Å². The Morgan fingerprint density at radius 3 is 2.57 bits per heavy atom. The van der Waals surface area contributed by atoms with Crippen molar-refractivity contribution < 1.29 is 4.79 Å². The minimum Gasteiger partial charge on any atom is -0.365 e. The van der Waals surface area contributed by atoms with Crippen molar-refractivity contribution in [1.29, 1.82) is 0 Å². The van der Waals surface area contributed by atoms with Crippen molar-refractivity contribution in [3.05, 3.63) is 43.0 Å². The second kappa shape index (κ2) is 7.85. The summed E-state index contributed by atoms with van der Waals surface area (Å²) in [5.74, 6) is 0.435. The molecule has 4 rings (SSSR count). The van der Waals surface area contributed by atoms with Crippen LogP contribution in [0.2, 0.25) is 0 Å². The molecule has 8 heteroatoms. The maximum atomic E-state index is 12.6. The molecule has 2 aliphatic carbocycles. The molecule has 0 spiro atoms. The number of anilines is 3. The smallest absolute Gasteiger partial charge is 0.323 e. The van der Waals surface area contributed by atoms with Gasteiger partial charge in [0.1, 0.15) is 6.33 Å². The fraction of sp³-hybridized carbons (Fsp3) is 0.500. The van der Waals surface area contributed by atoms with Crippen LogP contribution >= 0.6 is 0 Å². The monoisotopic (exact) mass is 409 g/mol. The lowest BCUT2D eigenvalue weighted by Gasteiger charge is -2.43. The molecule has 1 heterocycles. The first kappa shape index (κ1) is 20.6. The maximum absolute atomic E-state index is 12.6. The summed E-state index contributed by atoms with van der Waals surface area (Å²) in [5.41, 5.74) is 15.3. The van der Waals surface area contributed by atoms with E-state index in [-0.39, 0.29) is 23.2 Å². The minimum atomic E-state index is -0.340. The number of urea groups is 1. The average Bonchev–Trinajstić information content (AvgIpc) is 3.15. The highest BCUT2D eigenvalue weighted by molar-refractivity contribution is 6.01. The zero-order chi connectivity index (χ0) is 21.4. The summed E-state index contributed by atoms with van der Waals surface area (Å²) < 4.78 is 0. The Balaban J connectivity index is 1.60. The van der Waals surface area contributed by atoms with E-state index in [9.17, 15) is 4.79 Å². The third-order valence-corrected chi connectivity index (χ3v) is 6.25. The zero-order valence-electron chi connectivity index (χ0n) is 17.6. The lowest BCUT2D eigenvalue weighted by molar-refractivity contribution is 0.262. The van der Waals surface area contributed by atoms with Crippen LogP contribution in [0.1, 0.15) is 39.5 Å². The molecule has 0 radical (unpaired) electrons. The van der Waals surface area contributed by atoms with Gasteiger partial charge in [-0.1, -0.05) is 26.0 Å².